The van der Waals surface area contributed by atoms with Gasteiger partial charge in [-0.3, -0.25) is 0 Å². The monoisotopic (exact) mass is 176 g/mol. The van der Waals surface area contributed by atoms with Crippen molar-refractivity contribution >= 4 is 0 Å². The van der Waals surface area contributed by atoms with Gasteiger partial charge in [0, 0.05) is 19.1 Å². The number of aliphatic hydroxyl groups is 1. The van der Waals surface area contributed by atoms with Crippen LogP contribution in [0.2, 0.25) is 0 Å². The molecule has 1 aliphatic heterocycles. The van der Waals surface area contributed by atoms with Crippen molar-refractivity contribution in [1.82, 2.24) is 0 Å². The van der Waals surface area contributed by atoms with Crippen molar-refractivity contribution in [2.45, 2.75) is 32.5 Å². The van der Waals surface area contributed by atoms with Crippen molar-refractivity contribution in [2.75, 3.05) is 19.8 Å². The van der Waals surface area contributed by atoms with Gasteiger partial charge in [-0.05, 0) is 19.3 Å². The SMILES string of the molecule is [2H]C([2H])(O)[C@@H](C)COC1CCCCO1. The minimum Gasteiger partial charge on any atom is -0.396 e. The zero-order chi connectivity index (χ0) is 10.6. The van der Waals surface area contributed by atoms with Crippen molar-refractivity contribution in [3.05, 3.63) is 0 Å². The van der Waals surface area contributed by atoms with Gasteiger partial charge in [0.2, 0.25) is 0 Å². The Morgan fingerprint density at radius 2 is 2.58 bits per heavy atom. The smallest absolute Gasteiger partial charge is 0.157 e. The zero-order valence-electron chi connectivity index (χ0n) is 9.45. The van der Waals surface area contributed by atoms with Crippen molar-refractivity contribution in [3.8, 4) is 0 Å². The summed E-state index contributed by atoms with van der Waals surface area (Å²) in [6.07, 6.45) is 2.80. The van der Waals surface area contributed by atoms with Gasteiger partial charge in [-0.2, -0.15) is 0 Å². The second-order valence-electron chi connectivity index (χ2n) is 3.16. The van der Waals surface area contributed by atoms with Crippen LogP contribution in [-0.4, -0.2) is 31.2 Å². The fourth-order valence-corrected chi connectivity index (χ4v) is 1.13. The molecule has 1 rings (SSSR count). The molecular formula is C9H18O3. The molecule has 1 fully saturated rings. The molecule has 1 N–H and O–H groups in total. The molecule has 3 heteroatoms. The first-order valence-corrected chi connectivity index (χ1v) is 4.45. The van der Waals surface area contributed by atoms with Gasteiger partial charge in [0.05, 0.1) is 9.35 Å². The maximum Gasteiger partial charge on any atom is 0.157 e. The highest BCUT2D eigenvalue weighted by atomic mass is 16.7. The van der Waals surface area contributed by atoms with Crippen LogP contribution in [-0.2, 0) is 9.47 Å². The van der Waals surface area contributed by atoms with Gasteiger partial charge in [0.15, 0.2) is 6.29 Å². The molecule has 0 saturated carbocycles. The highest BCUT2D eigenvalue weighted by molar-refractivity contribution is 4.55. The van der Waals surface area contributed by atoms with E-state index in [1.807, 2.05) is 0 Å². The molecule has 0 aromatic carbocycles. The molecule has 3 nitrogen and oxygen atoms in total. The van der Waals surface area contributed by atoms with E-state index in [1.54, 1.807) is 6.92 Å². The second-order valence-corrected chi connectivity index (χ2v) is 3.16. The van der Waals surface area contributed by atoms with Crippen molar-refractivity contribution < 1.29 is 17.3 Å². The molecule has 1 aliphatic rings. The Labute approximate surface area is 76.5 Å². The highest BCUT2D eigenvalue weighted by Crippen LogP contribution is 2.14. The molecule has 0 aliphatic carbocycles. The molecule has 1 heterocycles. The van der Waals surface area contributed by atoms with Crippen molar-refractivity contribution in [2.24, 2.45) is 5.92 Å². The Balaban J connectivity index is 2.19. The van der Waals surface area contributed by atoms with Crippen LogP contribution in [0.25, 0.3) is 0 Å². The summed E-state index contributed by atoms with van der Waals surface area (Å²) < 4.78 is 24.8. The van der Waals surface area contributed by atoms with Gasteiger partial charge in [0.1, 0.15) is 0 Å². The van der Waals surface area contributed by atoms with Gasteiger partial charge in [-0.1, -0.05) is 6.92 Å². The molecular weight excluding hydrogens is 156 g/mol. The Hall–Kier alpha value is -0.120. The van der Waals surface area contributed by atoms with Gasteiger partial charge in [0.25, 0.3) is 0 Å². The first kappa shape index (κ1) is 7.30. The predicted molar refractivity (Wildman–Crippen MR) is 45.8 cm³/mol. The topological polar surface area (TPSA) is 38.7 Å². The minimum absolute atomic E-state index is 0.189. The van der Waals surface area contributed by atoms with Crippen LogP contribution in [0.4, 0.5) is 0 Å². The summed E-state index contributed by atoms with van der Waals surface area (Å²) in [4.78, 5) is 0. The number of hydrogen-bond acceptors (Lipinski definition) is 3. The number of rotatable bonds is 4. The molecule has 0 spiro atoms. The summed E-state index contributed by atoms with van der Waals surface area (Å²) in [5.41, 5.74) is 0. The minimum atomic E-state index is -2.17. The summed E-state index contributed by atoms with van der Waals surface area (Å²) in [7, 11) is 0. The molecule has 0 bridgehead atoms. The van der Waals surface area contributed by atoms with Crippen LogP contribution in [0.3, 0.4) is 0 Å². The van der Waals surface area contributed by atoms with E-state index in [2.05, 4.69) is 0 Å². The summed E-state index contributed by atoms with van der Waals surface area (Å²) in [5.74, 6) is -0.534. The lowest BCUT2D eigenvalue weighted by molar-refractivity contribution is -0.169. The largest absolute Gasteiger partial charge is 0.396 e. The third kappa shape index (κ3) is 3.52. The summed E-state index contributed by atoms with van der Waals surface area (Å²) in [6, 6.07) is 0. The molecule has 0 aromatic rings. The van der Waals surface area contributed by atoms with E-state index in [-0.39, 0.29) is 12.9 Å². The molecule has 1 unspecified atom stereocenters. The average molecular weight is 176 g/mol. The van der Waals surface area contributed by atoms with Crippen LogP contribution < -0.4 is 0 Å². The van der Waals surface area contributed by atoms with Crippen LogP contribution in [0.1, 0.15) is 28.9 Å². The summed E-state index contributed by atoms with van der Waals surface area (Å²) >= 11 is 0. The molecule has 2 atom stereocenters. The molecule has 12 heavy (non-hydrogen) atoms. The van der Waals surface area contributed by atoms with E-state index in [0.717, 1.165) is 19.3 Å². The Bertz CT molecular complexity index is 164. The van der Waals surface area contributed by atoms with E-state index in [9.17, 15) is 0 Å². The summed E-state index contributed by atoms with van der Waals surface area (Å²) in [5, 5.41) is 9.03. The Morgan fingerprint density at radius 3 is 3.17 bits per heavy atom. The van der Waals surface area contributed by atoms with E-state index in [4.69, 9.17) is 17.3 Å². The van der Waals surface area contributed by atoms with Gasteiger partial charge >= 0.3 is 0 Å². The van der Waals surface area contributed by atoms with E-state index in [1.165, 1.54) is 0 Å². The predicted octanol–water partition coefficient (Wildman–Crippen LogP) is 1.16. The fraction of sp³-hybridized carbons (Fsp3) is 1.00. The van der Waals surface area contributed by atoms with Gasteiger partial charge < -0.3 is 14.6 Å². The quantitative estimate of drug-likeness (QED) is 0.698. The van der Waals surface area contributed by atoms with Crippen LogP contribution in [0, 0.1) is 5.92 Å². The lowest BCUT2D eigenvalue weighted by atomic mass is 10.2. The van der Waals surface area contributed by atoms with E-state index >= 15 is 0 Å². The average Bonchev–Trinajstić information content (AvgIpc) is 2.14. The number of hydrogen-bond donors (Lipinski definition) is 1. The van der Waals surface area contributed by atoms with E-state index in [0.29, 0.717) is 6.61 Å². The lowest BCUT2D eigenvalue weighted by Gasteiger charge is -2.23. The second kappa shape index (κ2) is 5.51. The van der Waals surface area contributed by atoms with Crippen LogP contribution >= 0.6 is 0 Å². The van der Waals surface area contributed by atoms with Gasteiger partial charge in [-0.25, -0.2) is 0 Å². The Kier molecular flexibility index (Phi) is 3.35. The third-order valence-electron chi connectivity index (χ3n) is 1.89. The first-order chi connectivity index (χ1) is 6.50. The summed E-state index contributed by atoms with van der Waals surface area (Å²) in [6.45, 7) is 0.344. The molecule has 1 saturated heterocycles. The standard InChI is InChI=1S/C9H18O3/c1-8(6-10)7-12-9-4-2-3-5-11-9/h8-10H,2-7H2,1H3/t8-,9?/m1/s1/i6D2. The van der Waals surface area contributed by atoms with Gasteiger partial charge in [-0.15, -0.1) is 0 Å². The molecule has 72 valence electrons. The first-order valence-electron chi connectivity index (χ1n) is 5.45. The molecule has 0 radical (unpaired) electrons. The fourth-order valence-electron chi connectivity index (χ4n) is 1.13. The maximum atomic E-state index is 9.03. The maximum absolute atomic E-state index is 9.03. The highest BCUT2D eigenvalue weighted by Gasteiger charge is 2.14. The lowest BCUT2D eigenvalue weighted by Crippen LogP contribution is -2.25. The normalized spacial score (nSPS) is 30.7. The van der Waals surface area contributed by atoms with E-state index < -0.39 is 12.5 Å². The Morgan fingerprint density at radius 1 is 1.75 bits per heavy atom. The van der Waals surface area contributed by atoms with Crippen LogP contribution in [0.5, 0.6) is 0 Å². The number of ether oxygens (including phenoxy) is 2. The molecule has 0 aromatic heterocycles. The van der Waals surface area contributed by atoms with Crippen molar-refractivity contribution in [1.29, 1.82) is 0 Å². The molecule has 0 amide bonds. The van der Waals surface area contributed by atoms with Crippen LogP contribution in [0.15, 0.2) is 0 Å². The van der Waals surface area contributed by atoms with Crippen molar-refractivity contribution in [3.63, 3.8) is 0 Å². The third-order valence-corrected chi connectivity index (χ3v) is 1.89. The zero-order valence-corrected chi connectivity index (χ0v) is 7.45.